The zero-order valence-electron chi connectivity index (χ0n) is 11.3. The van der Waals surface area contributed by atoms with Gasteiger partial charge in [0.15, 0.2) is 0 Å². The van der Waals surface area contributed by atoms with Crippen molar-refractivity contribution in [2.24, 2.45) is 5.92 Å². The Kier molecular flexibility index (Phi) is 3.44. The van der Waals surface area contributed by atoms with Gasteiger partial charge in [0.05, 0.1) is 0 Å². The zero-order valence-corrected chi connectivity index (χ0v) is 11.3. The Morgan fingerprint density at radius 2 is 2.22 bits per heavy atom. The van der Waals surface area contributed by atoms with E-state index >= 15 is 0 Å². The predicted octanol–water partition coefficient (Wildman–Crippen LogP) is 2.64. The Bertz CT molecular complexity index is 458. The molecule has 1 N–H and O–H groups in total. The van der Waals surface area contributed by atoms with Gasteiger partial charge in [-0.15, -0.1) is 0 Å². The third kappa shape index (κ3) is 2.15. The van der Waals surface area contributed by atoms with Gasteiger partial charge < -0.3 is 5.11 Å². The average Bonchev–Trinajstić information content (AvgIpc) is 2.75. The van der Waals surface area contributed by atoms with Gasteiger partial charge in [0, 0.05) is 6.54 Å². The molecule has 0 aromatic heterocycles. The van der Waals surface area contributed by atoms with E-state index in [0.29, 0.717) is 5.92 Å². The number of hydrogen-bond acceptors (Lipinski definition) is 2. The highest BCUT2D eigenvalue weighted by molar-refractivity contribution is 5.80. The van der Waals surface area contributed by atoms with Crippen LogP contribution >= 0.6 is 0 Å². The van der Waals surface area contributed by atoms with Gasteiger partial charge in [-0.1, -0.05) is 36.8 Å². The largest absolute Gasteiger partial charge is 0.480 e. The summed E-state index contributed by atoms with van der Waals surface area (Å²) >= 11 is 0. The molecule has 18 heavy (non-hydrogen) atoms. The maximum Gasteiger partial charge on any atom is 0.328 e. The molecule has 0 amide bonds. The van der Waals surface area contributed by atoms with E-state index in [-0.39, 0.29) is 0 Å². The summed E-state index contributed by atoms with van der Waals surface area (Å²) in [6.07, 6.45) is 1.08. The molecule has 0 spiro atoms. The number of hydrogen-bond donors (Lipinski definition) is 1. The molecule has 3 heteroatoms. The van der Waals surface area contributed by atoms with Crippen LogP contribution in [0.1, 0.15) is 31.4 Å². The standard InChI is InChI=1S/C15H21NO2/c1-11-5-4-6-13(9-11)15(3,14(17)18)16-8-7-12(2)10-16/h4-6,9,12H,7-8,10H2,1-3H3,(H,17,18). The Morgan fingerprint density at radius 1 is 1.50 bits per heavy atom. The molecule has 1 aliphatic heterocycles. The fraction of sp³-hybridized carbons (Fsp3) is 0.533. The van der Waals surface area contributed by atoms with Crippen molar-refractivity contribution in [2.45, 2.75) is 32.7 Å². The van der Waals surface area contributed by atoms with Crippen molar-refractivity contribution < 1.29 is 9.90 Å². The smallest absolute Gasteiger partial charge is 0.328 e. The second kappa shape index (κ2) is 4.73. The highest BCUT2D eigenvalue weighted by Crippen LogP contribution is 2.33. The van der Waals surface area contributed by atoms with Crippen LogP contribution in [0.3, 0.4) is 0 Å². The summed E-state index contributed by atoms with van der Waals surface area (Å²) in [6, 6.07) is 7.84. The van der Waals surface area contributed by atoms with E-state index in [9.17, 15) is 9.90 Å². The molecule has 1 saturated heterocycles. The van der Waals surface area contributed by atoms with Crippen LogP contribution in [-0.4, -0.2) is 29.1 Å². The van der Waals surface area contributed by atoms with E-state index in [1.807, 2.05) is 38.1 Å². The quantitative estimate of drug-likeness (QED) is 0.892. The number of aliphatic carboxylic acids is 1. The first-order chi connectivity index (χ1) is 8.44. The van der Waals surface area contributed by atoms with Crippen LogP contribution in [0.15, 0.2) is 24.3 Å². The van der Waals surface area contributed by atoms with Gasteiger partial charge in [0.25, 0.3) is 0 Å². The molecule has 0 saturated carbocycles. The second-order valence-corrected chi connectivity index (χ2v) is 5.59. The summed E-state index contributed by atoms with van der Waals surface area (Å²) in [7, 11) is 0. The van der Waals surface area contributed by atoms with Crippen molar-refractivity contribution in [1.82, 2.24) is 4.90 Å². The minimum absolute atomic E-state index is 0.577. The molecule has 1 fully saturated rings. The SMILES string of the molecule is Cc1cccc(C(C)(C(=O)O)N2CCC(C)C2)c1. The normalized spacial score (nSPS) is 23.8. The maximum absolute atomic E-state index is 11.8. The van der Waals surface area contributed by atoms with E-state index in [4.69, 9.17) is 0 Å². The topological polar surface area (TPSA) is 40.5 Å². The van der Waals surface area contributed by atoms with Crippen LogP contribution in [0.5, 0.6) is 0 Å². The number of carboxylic acid groups (broad SMARTS) is 1. The molecule has 0 bridgehead atoms. The number of aryl methyl sites for hydroxylation is 1. The number of carbonyl (C=O) groups is 1. The second-order valence-electron chi connectivity index (χ2n) is 5.59. The lowest BCUT2D eigenvalue weighted by Crippen LogP contribution is -2.48. The average molecular weight is 247 g/mol. The summed E-state index contributed by atoms with van der Waals surface area (Å²) in [5, 5.41) is 9.68. The molecule has 0 aliphatic carbocycles. The monoisotopic (exact) mass is 247 g/mol. The first kappa shape index (κ1) is 13.1. The predicted molar refractivity (Wildman–Crippen MR) is 71.5 cm³/mol. The molecular formula is C15H21NO2. The highest BCUT2D eigenvalue weighted by Gasteiger charge is 2.43. The Morgan fingerprint density at radius 3 is 2.72 bits per heavy atom. The molecular weight excluding hydrogens is 226 g/mol. The molecule has 1 heterocycles. The number of rotatable bonds is 3. The summed E-state index contributed by atoms with van der Waals surface area (Å²) in [6.45, 7) is 7.72. The van der Waals surface area contributed by atoms with Gasteiger partial charge in [-0.3, -0.25) is 4.90 Å². The molecule has 2 rings (SSSR count). The number of carboxylic acids is 1. The molecule has 3 nitrogen and oxygen atoms in total. The van der Waals surface area contributed by atoms with Crippen molar-refractivity contribution in [3.05, 3.63) is 35.4 Å². The van der Waals surface area contributed by atoms with Gasteiger partial charge in [-0.25, -0.2) is 4.79 Å². The van der Waals surface area contributed by atoms with Crippen molar-refractivity contribution in [3.8, 4) is 0 Å². The molecule has 1 aliphatic rings. The van der Waals surface area contributed by atoms with Gasteiger partial charge in [0.1, 0.15) is 5.54 Å². The minimum Gasteiger partial charge on any atom is -0.480 e. The van der Waals surface area contributed by atoms with Crippen LogP contribution in [-0.2, 0) is 10.3 Å². The number of nitrogens with zero attached hydrogens (tertiary/aromatic N) is 1. The summed E-state index contributed by atoms with van der Waals surface area (Å²) in [5.41, 5.74) is 1.08. The molecule has 1 aromatic carbocycles. The summed E-state index contributed by atoms with van der Waals surface area (Å²) < 4.78 is 0. The first-order valence-corrected chi connectivity index (χ1v) is 6.50. The Balaban J connectivity index is 2.41. The lowest BCUT2D eigenvalue weighted by Gasteiger charge is -2.35. The van der Waals surface area contributed by atoms with Crippen LogP contribution < -0.4 is 0 Å². The fourth-order valence-corrected chi connectivity index (χ4v) is 2.73. The van der Waals surface area contributed by atoms with E-state index in [1.165, 1.54) is 0 Å². The van der Waals surface area contributed by atoms with Gasteiger partial charge in [0.2, 0.25) is 0 Å². The lowest BCUT2D eigenvalue weighted by molar-refractivity contribution is -0.150. The third-order valence-corrected chi connectivity index (χ3v) is 4.05. The van der Waals surface area contributed by atoms with Crippen LogP contribution in [0.25, 0.3) is 0 Å². The molecule has 98 valence electrons. The van der Waals surface area contributed by atoms with E-state index < -0.39 is 11.5 Å². The Labute approximate surface area is 108 Å². The van der Waals surface area contributed by atoms with E-state index in [0.717, 1.165) is 30.6 Å². The van der Waals surface area contributed by atoms with Crippen molar-refractivity contribution >= 4 is 5.97 Å². The molecule has 0 radical (unpaired) electrons. The van der Waals surface area contributed by atoms with Crippen molar-refractivity contribution in [2.75, 3.05) is 13.1 Å². The molecule has 2 unspecified atom stereocenters. The summed E-state index contributed by atoms with van der Waals surface area (Å²) in [5.74, 6) is -0.185. The lowest BCUT2D eigenvalue weighted by atomic mass is 9.89. The number of benzene rings is 1. The minimum atomic E-state index is -0.906. The van der Waals surface area contributed by atoms with Crippen LogP contribution in [0.2, 0.25) is 0 Å². The van der Waals surface area contributed by atoms with Gasteiger partial charge >= 0.3 is 5.97 Å². The van der Waals surface area contributed by atoms with Gasteiger partial charge in [-0.2, -0.15) is 0 Å². The fourth-order valence-electron chi connectivity index (χ4n) is 2.73. The Hall–Kier alpha value is -1.35. The number of likely N-dealkylation sites (tertiary alicyclic amines) is 1. The zero-order chi connectivity index (χ0) is 13.3. The van der Waals surface area contributed by atoms with E-state index in [2.05, 4.69) is 11.8 Å². The molecule has 1 aromatic rings. The van der Waals surface area contributed by atoms with Crippen molar-refractivity contribution in [1.29, 1.82) is 0 Å². The van der Waals surface area contributed by atoms with Crippen LogP contribution in [0.4, 0.5) is 0 Å². The molecule has 2 atom stereocenters. The highest BCUT2D eigenvalue weighted by atomic mass is 16.4. The van der Waals surface area contributed by atoms with Gasteiger partial charge in [-0.05, 0) is 38.3 Å². The van der Waals surface area contributed by atoms with Crippen molar-refractivity contribution in [3.63, 3.8) is 0 Å². The maximum atomic E-state index is 11.8. The van der Waals surface area contributed by atoms with Crippen LogP contribution in [0, 0.1) is 12.8 Å². The summed E-state index contributed by atoms with van der Waals surface area (Å²) in [4.78, 5) is 13.9. The first-order valence-electron chi connectivity index (χ1n) is 6.50. The van der Waals surface area contributed by atoms with E-state index in [1.54, 1.807) is 0 Å². The third-order valence-electron chi connectivity index (χ3n) is 4.05.